The van der Waals surface area contributed by atoms with Gasteiger partial charge < -0.3 is 15.5 Å². The summed E-state index contributed by atoms with van der Waals surface area (Å²) in [7, 11) is 0. The van der Waals surface area contributed by atoms with E-state index in [4.69, 9.17) is 5.11 Å². The molecule has 0 aliphatic carbocycles. The van der Waals surface area contributed by atoms with Crippen molar-refractivity contribution in [1.82, 2.24) is 20.4 Å². The van der Waals surface area contributed by atoms with E-state index in [1.54, 1.807) is 0 Å². The second kappa shape index (κ2) is 9.69. The summed E-state index contributed by atoms with van der Waals surface area (Å²) in [4.78, 5) is 39.1. The highest BCUT2D eigenvalue weighted by Crippen LogP contribution is 2.41. The number of nitrogens with one attached hydrogen (secondary N) is 1. The summed E-state index contributed by atoms with van der Waals surface area (Å²) in [5.74, 6) is -0.997. The molecular weight excluding hydrogens is 480 g/mol. The molecule has 2 atom stereocenters. The summed E-state index contributed by atoms with van der Waals surface area (Å²) in [6.45, 7) is -0.00620. The number of aliphatic hydroxyl groups is 1. The van der Waals surface area contributed by atoms with E-state index in [2.05, 4.69) is 15.5 Å². The quantitative estimate of drug-likeness (QED) is 0.345. The van der Waals surface area contributed by atoms with Crippen LogP contribution in [-0.4, -0.2) is 72.6 Å². The van der Waals surface area contributed by atoms with Gasteiger partial charge in [-0.3, -0.25) is 14.5 Å². The van der Waals surface area contributed by atoms with Gasteiger partial charge in [0.05, 0.1) is 6.42 Å². The lowest BCUT2D eigenvalue weighted by Crippen LogP contribution is -2.70. The monoisotopic (exact) mass is 498 g/mol. The largest absolute Gasteiger partial charge is 0.477 e. The van der Waals surface area contributed by atoms with Crippen LogP contribution in [0.1, 0.15) is 9.88 Å². The Balaban J connectivity index is 1.41. The molecule has 2 aliphatic rings. The zero-order chi connectivity index (χ0) is 22.0. The Bertz CT molecular complexity index is 1020. The smallest absolute Gasteiger partial charge is 0.352 e. The lowest BCUT2D eigenvalue weighted by molar-refractivity contribution is -0.150. The van der Waals surface area contributed by atoms with Gasteiger partial charge in [0.2, 0.25) is 5.91 Å². The summed E-state index contributed by atoms with van der Waals surface area (Å²) in [6.07, 6.45) is 0.628. The van der Waals surface area contributed by atoms with Crippen molar-refractivity contribution in [1.29, 1.82) is 0 Å². The topological polar surface area (TPSA) is 133 Å². The Morgan fingerprint density at radius 1 is 1.35 bits per heavy atom. The van der Waals surface area contributed by atoms with Gasteiger partial charge in [0.1, 0.15) is 22.1 Å². The maximum Gasteiger partial charge on any atom is 0.352 e. The van der Waals surface area contributed by atoms with Gasteiger partial charge in [-0.1, -0.05) is 29.2 Å². The number of aromatic nitrogens is 2. The number of nitrogens with zero attached hydrogens (tertiary/aromatic N) is 3. The number of thiophene rings is 1. The third-order valence-electron chi connectivity index (χ3n) is 4.63. The molecule has 2 aromatic rings. The van der Waals surface area contributed by atoms with Crippen molar-refractivity contribution in [2.75, 3.05) is 18.1 Å². The Kier molecular flexibility index (Phi) is 6.96. The van der Waals surface area contributed by atoms with Crippen LogP contribution in [0.15, 0.2) is 33.1 Å². The summed E-state index contributed by atoms with van der Waals surface area (Å²) in [5.41, 5.74) is 0.625. The number of carbonyl (C=O) groups is 3. The van der Waals surface area contributed by atoms with Gasteiger partial charge in [0.25, 0.3) is 5.91 Å². The van der Waals surface area contributed by atoms with Crippen LogP contribution in [-0.2, 0) is 27.2 Å². The van der Waals surface area contributed by atoms with Gasteiger partial charge in [0, 0.05) is 29.4 Å². The molecule has 9 nitrogen and oxygen atoms in total. The molecule has 0 aromatic carbocycles. The maximum atomic E-state index is 12.7. The van der Waals surface area contributed by atoms with Gasteiger partial charge in [-0.2, -0.15) is 0 Å². The number of carboxylic acid groups (broad SMARTS) is 1. The average molecular weight is 499 g/mol. The minimum absolute atomic E-state index is 0.00620. The Hall–Kier alpha value is -1.93. The van der Waals surface area contributed by atoms with E-state index >= 15 is 0 Å². The normalized spacial score (nSPS) is 20.4. The van der Waals surface area contributed by atoms with Crippen LogP contribution in [0.5, 0.6) is 0 Å². The van der Waals surface area contributed by atoms with E-state index in [9.17, 15) is 19.5 Å². The molecule has 13 heteroatoms. The summed E-state index contributed by atoms with van der Waals surface area (Å²) < 4.78 is 0.682. The minimum Gasteiger partial charge on any atom is -0.477 e. The highest BCUT2D eigenvalue weighted by Gasteiger charge is 2.54. The first-order valence-electron chi connectivity index (χ1n) is 9.25. The van der Waals surface area contributed by atoms with Crippen molar-refractivity contribution in [3.8, 4) is 0 Å². The molecule has 1 unspecified atom stereocenters. The first-order chi connectivity index (χ1) is 15.0. The fourth-order valence-corrected chi connectivity index (χ4v) is 7.31. The van der Waals surface area contributed by atoms with Gasteiger partial charge in [-0.05, 0) is 17.0 Å². The van der Waals surface area contributed by atoms with E-state index in [1.807, 2.05) is 17.5 Å². The lowest BCUT2D eigenvalue weighted by atomic mass is 10.0. The van der Waals surface area contributed by atoms with E-state index < -0.39 is 23.3 Å². The van der Waals surface area contributed by atoms with Crippen LogP contribution in [0.2, 0.25) is 0 Å². The molecule has 1 fully saturated rings. The number of amides is 2. The number of carbonyl (C=O) groups excluding carboxylic acids is 2. The van der Waals surface area contributed by atoms with Crippen LogP contribution in [0.4, 0.5) is 0 Å². The van der Waals surface area contributed by atoms with Gasteiger partial charge >= 0.3 is 5.97 Å². The number of rotatable bonds is 9. The average Bonchev–Trinajstić information content (AvgIpc) is 3.42. The molecular formula is C18H18N4O5S4. The highest BCUT2D eigenvalue weighted by molar-refractivity contribution is 8.01. The predicted molar refractivity (Wildman–Crippen MR) is 119 cm³/mol. The zero-order valence-corrected chi connectivity index (χ0v) is 19.3. The molecule has 31 heavy (non-hydrogen) atoms. The molecule has 0 spiro atoms. The molecule has 4 heterocycles. The summed E-state index contributed by atoms with van der Waals surface area (Å²) >= 11 is 5.63. The van der Waals surface area contributed by atoms with Gasteiger partial charge in [-0.15, -0.1) is 33.3 Å². The molecule has 2 aromatic heterocycles. The van der Waals surface area contributed by atoms with Crippen LogP contribution in [0.25, 0.3) is 0 Å². The van der Waals surface area contributed by atoms with Crippen molar-refractivity contribution < 1.29 is 24.6 Å². The number of hydrogen-bond acceptors (Lipinski definition) is 10. The molecule has 0 radical (unpaired) electrons. The SMILES string of the molecule is O=C(Cc1cccs1)NC1C(=O)N2C(C(=O)O)=C(CSc3nnc(CCO)s3)CS[C@H]12. The van der Waals surface area contributed by atoms with Crippen molar-refractivity contribution in [2.45, 2.75) is 28.6 Å². The van der Waals surface area contributed by atoms with E-state index in [0.717, 1.165) is 9.88 Å². The van der Waals surface area contributed by atoms with Crippen molar-refractivity contribution in [3.05, 3.63) is 38.7 Å². The van der Waals surface area contributed by atoms with E-state index in [-0.39, 0.29) is 24.6 Å². The van der Waals surface area contributed by atoms with Crippen LogP contribution >= 0.6 is 46.2 Å². The number of thioether (sulfide) groups is 2. The first kappa shape index (κ1) is 22.3. The second-order valence-electron chi connectivity index (χ2n) is 6.69. The van der Waals surface area contributed by atoms with E-state index in [0.29, 0.717) is 27.8 Å². The Labute approximate surface area is 193 Å². The summed E-state index contributed by atoms with van der Waals surface area (Å²) in [6, 6.07) is 3.00. The molecule has 1 saturated heterocycles. The minimum atomic E-state index is -1.16. The number of hydrogen-bond donors (Lipinski definition) is 3. The third kappa shape index (κ3) is 4.80. The van der Waals surface area contributed by atoms with E-state index in [1.165, 1.54) is 51.1 Å². The lowest BCUT2D eigenvalue weighted by Gasteiger charge is -2.49. The maximum absolute atomic E-state index is 12.7. The highest BCUT2D eigenvalue weighted by atomic mass is 32.2. The first-order valence-corrected chi connectivity index (χ1v) is 13.0. The molecule has 0 bridgehead atoms. The molecule has 2 amide bonds. The zero-order valence-electron chi connectivity index (χ0n) is 16.0. The predicted octanol–water partition coefficient (Wildman–Crippen LogP) is 1.21. The van der Waals surface area contributed by atoms with Crippen molar-refractivity contribution in [2.24, 2.45) is 0 Å². The van der Waals surface area contributed by atoms with Crippen LogP contribution in [0.3, 0.4) is 0 Å². The summed E-state index contributed by atoms with van der Waals surface area (Å²) in [5, 5.41) is 31.7. The molecule has 2 aliphatic heterocycles. The third-order valence-corrected chi connectivity index (χ3v) is 9.04. The Morgan fingerprint density at radius 2 is 2.19 bits per heavy atom. The molecule has 164 valence electrons. The Morgan fingerprint density at radius 3 is 2.90 bits per heavy atom. The number of aliphatic carboxylic acids is 1. The van der Waals surface area contributed by atoms with Crippen LogP contribution < -0.4 is 5.32 Å². The van der Waals surface area contributed by atoms with Gasteiger partial charge in [-0.25, -0.2) is 4.79 Å². The fourth-order valence-electron chi connectivity index (χ4n) is 3.23. The molecule has 3 N–H and O–H groups in total. The van der Waals surface area contributed by atoms with Crippen molar-refractivity contribution >= 4 is 64.0 Å². The molecule has 4 rings (SSSR count). The van der Waals surface area contributed by atoms with Gasteiger partial charge in [0.15, 0.2) is 4.34 Å². The van der Waals surface area contributed by atoms with Crippen molar-refractivity contribution in [3.63, 3.8) is 0 Å². The standard InChI is InChI=1S/C18H18N4O5S4/c23-4-3-12-20-21-18(31-12)30-8-9-7-29-16-13(15(25)22(16)14(9)17(26)27)19-11(24)6-10-2-1-5-28-10/h1-2,5,13,16,23H,3-4,6-8H2,(H,19,24)(H,26,27)/t13?,16-/m1/s1. The number of aliphatic hydroxyl groups excluding tert-OH is 1. The second-order valence-corrected chi connectivity index (χ2v) is 11.1. The number of β-lactam (4-membered cyclic amide) rings is 1. The number of carboxylic acids is 1. The van der Waals surface area contributed by atoms with Crippen LogP contribution in [0, 0.1) is 0 Å². The fraction of sp³-hybridized carbons (Fsp3) is 0.389. The molecule has 0 saturated carbocycles. The number of fused-ring (bicyclic) bond motifs is 1.